The van der Waals surface area contributed by atoms with Crippen LogP contribution < -0.4 is 15.4 Å². The zero-order valence-electron chi connectivity index (χ0n) is 24.0. The van der Waals surface area contributed by atoms with Crippen molar-refractivity contribution in [2.45, 2.75) is 76.8 Å². The molecule has 7 atom stereocenters. The lowest BCUT2D eigenvalue weighted by molar-refractivity contribution is -0.142. The fourth-order valence-corrected chi connectivity index (χ4v) is 7.15. The highest BCUT2D eigenvalue weighted by Crippen LogP contribution is 2.55. The van der Waals surface area contributed by atoms with Crippen LogP contribution in [0.4, 0.5) is 5.69 Å². The lowest BCUT2D eigenvalue weighted by Gasteiger charge is -2.36. The number of likely N-dealkylation sites (tertiary alicyclic amines) is 1. The number of fused-ring (bicyclic) bond motifs is 1. The summed E-state index contributed by atoms with van der Waals surface area (Å²) in [4.78, 5) is 43.7. The van der Waals surface area contributed by atoms with Gasteiger partial charge in [0.1, 0.15) is 17.4 Å². The summed E-state index contributed by atoms with van der Waals surface area (Å²) in [5.74, 6) is -1.16. The Balaban J connectivity index is 1.29. The first kappa shape index (κ1) is 27.5. The Morgan fingerprint density at radius 2 is 1.78 bits per heavy atom. The molecular formula is C33H39N3O5. The van der Waals surface area contributed by atoms with Crippen LogP contribution in [0.2, 0.25) is 0 Å². The van der Waals surface area contributed by atoms with Crippen LogP contribution in [0.3, 0.4) is 0 Å². The molecule has 1 spiro atoms. The topological polar surface area (TPSA) is 97.0 Å². The van der Waals surface area contributed by atoms with Crippen molar-refractivity contribution < 1.29 is 23.9 Å². The number of benzene rings is 2. The molecule has 0 radical (unpaired) electrons. The van der Waals surface area contributed by atoms with Gasteiger partial charge in [0.15, 0.2) is 0 Å². The number of hydrogen-bond donors (Lipinski definition) is 2. The second kappa shape index (κ2) is 11.0. The van der Waals surface area contributed by atoms with Crippen molar-refractivity contribution in [3.8, 4) is 5.75 Å². The average Bonchev–Trinajstić information content (AvgIpc) is 3.60. The smallest absolute Gasteiger partial charge is 0.246 e. The van der Waals surface area contributed by atoms with Gasteiger partial charge < -0.3 is 25.0 Å². The summed E-state index contributed by atoms with van der Waals surface area (Å²) in [6, 6.07) is 14.3. The lowest BCUT2D eigenvalue weighted by Crippen LogP contribution is -2.57. The van der Waals surface area contributed by atoms with Crippen LogP contribution in [0.25, 0.3) is 0 Å². The van der Waals surface area contributed by atoms with Gasteiger partial charge in [-0.1, -0.05) is 61.7 Å². The predicted octanol–water partition coefficient (Wildman–Crippen LogP) is 4.38. The predicted molar refractivity (Wildman–Crippen MR) is 155 cm³/mol. The fourth-order valence-electron chi connectivity index (χ4n) is 7.15. The molecule has 0 aromatic heterocycles. The average molecular weight is 558 g/mol. The summed E-state index contributed by atoms with van der Waals surface area (Å²) in [5.41, 5.74) is 1.48. The Morgan fingerprint density at radius 1 is 1.05 bits per heavy atom. The lowest BCUT2D eigenvalue weighted by atomic mass is 9.74. The molecule has 3 heterocycles. The number of carbonyl (C=O) groups is 3. The van der Waals surface area contributed by atoms with Crippen molar-refractivity contribution in [2.75, 3.05) is 11.9 Å². The van der Waals surface area contributed by atoms with Gasteiger partial charge in [0, 0.05) is 18.3 Å². The molecule has 3 aliphatic heterocycles. The van der Waals surface area contributed by atoms with E-state index in [0.29, 0.717) is 18.2 Å². The number of amides is 3. The molecule has 2 saturated heterocycles. The monoisotopic (exact) mass is 557 g/mol. The van der Waals surface area contributed by atoms with Crippen molar-refractivity contribution in [3.63, 3.8) is 0 Å². The van der Waals surface area contributed by atoms with Gasteiger partial charge in [-0.15, -0.1) is 0 Å². The molecule has 4 aliphatic rings. The van der Waals surface area contributed by atoms with Crippen LogP contribution in [-0.4, -0.2) is 53.0 Å². The van der Waals surface area contributed by atoms with Crippen LogP contribution in [-0.2, 0) is 25.7 Å². The van der Waals surface area contributed by atoms with Crippen molar-refractivity contribution in [2.24, 2.45) is 17.8 Å². The first-order valence-electron chi connectivity index (χ1n) is 14.9. The minimum atomic E-state index is -1.19. The van der Waals surface area contributed by atoms with Crippen molar-refractivity contribution in [1.82, 2.24) is 10.2 Å². The number of hydrogen-bond acceptors (Lipinski definition) is 5. The van der Waals surface area contributed by atoms with E-state index in [2.05, 4.69) is 17.6 Å². The van der Waals surface area contributed by atoms with Crippen LogP contribution in [0.15, 0.2) is 60.7 Å². The Morgan fingerprint density at radius 3 is 2.49 bits per heavy atom. The van der Waals surface area contributed by atoms with Crippen LogP contribution >= 0.6 is 0 Å². The zero-order valence-corrected chi connectivity index (χ0v) is 24.0. The highest BCUT2D eigenvalue weighted by Gasteiger charge is 2.72. The molecule has 1 saturated carbocycles. The van der Waals surface area contributed by atoms with Gasteiger partial charge in [-0.05, 0) is 62.4 Å². The van der Waals surface area contributed by atoms with E-state index in [1.807, 2.05) is 50.3 Å². The summed E-state index contributed by atoms with van der Waals surface area (Å²) in [6.45, 7) is 6.93. The zero-order chi connectivity index (χ0) is 28.7. The molecule has 2 aromatic rings. The number of rotatable bonds is 8. The molecule has 3 amide bonds. The third-order valence-corrected chi connectivity index (χ3v) is 9.27. The fraction of sp³-hybridized carbons (Fsp3) is 0.485. The Kier molecular flexibility index (Phi) is 7.36. The molecule has 2 bridgehead atoms. The van der Waals surface area contributed by atoms with Gasteiger partial charge in [0.05, 0.1) is 24.5 Å². The van der Waals surface area contributed by atoms with Gasteiger partial charge >= 0.3 is 0 Å². The summed E-state index contributed by atoms with van der Waals surface area (Å²) in [7, 11) is 0. The van der Waals surface area contributed by atoms with Gasteiger partial charge in [0.2, 0.25) is 17.7 Å². The van der Waals surface area contributed by atoms with E-state index in [-0.39, 0.29) is 30.3 Å². The minimum absolute atomic E-state index is 0.0596. The van der Waals surface area contributed by atoms with Gasteiger partial charge in [-0.25, -0.2) is 0 Å². The van der Waals surface area contributed by atoms with E-state index in [0.717, 1.165) is 36.1 Å². The van der Waals surface area contributed by atoms with E-state index in [4.69, 9.17) is 9.47 Å². The normalized spacial score (nSPS) is 31.7. The SMILES string of the molecule is CCOc1ccc(NC(=O)C2[C@@H]3C=CC4(O3)C(C(=O)NC3CCCCC3C)N(Cc3ccc(C)cc3)C(=O)[C@H]24)cc1. The molecule has 5 unspecified atom stereocenters. The molecule has 6 rings (SSSR count). The van der Waals surface area contributed by atoms with E-state index >= 15 is 0 Å². The first-order chi connectivity index (χ1) is 19.8. The second-order valence-corrected chi connectivity index (χ2v) is 12.0. The van der Waals surface area contributed by atoms with Crippen LogP contribution in [0.1, 0.15) is 50.7 Å². The standard InChI is InChI=1S/C33H39N3O5/c1-4-40-24-15-13-23(14-16-24)34-30(37)27-26-17-18-33(41-26)28(27)32(39)36(19-22-11-9-20(2)10-12-22)29(33)31(38)35-25-8-6-5-7-21(25)3/h9-18,21,25-29H,4-8,19H2,1-3H3,(H,34,37)(H,35,38)/t21?,25?,26-,27?,28-,29?,33?/m0/s1. The molecule has 2 aromatic carbocycles. The van der Waals surface area contributed by atoms with E-state index in [9.17, 15) is 14.4 Å². The third kappa shape index (κ3) is 4.92. The minimum Gasteiger partial charge on any atom is -0.494 e. The maximum Gasteiger partial charge on any atom is 0.246 e. The highest BCUT2D eigenvalue weighted by atomic mass is 16.5. The number of nitrogens with one attached hydrogen (secondary N) is 2. The largest absolute Gasteiger partial charge is 0.494 e. The molecule has 8 nitrogen and oxygen atoms in total. The second-order valence-electron chi connectivity index (χ2n) is 12.0. The number of ether oxygens (including phenoxy) is 2. The van der Waals surface area contributed by atoms with Crippen molar-refractivity contribution in [1.29, 1.82) is 0 Å². The molecule has 216 valence electrons. The molecule has 41 heavy (non-hydrogen) atoms. The maximum absolute atomic E-state index is 14.2. The van der Waals surface area contributed by atoms with Gasteiger partial charge in [-0.3, -0.25) is 14.4 Å². The Labute approximate surface area is 241 Å². The van der Waals surface area contributed by atoms with Crippen molar-refractivity contribution in [3.05, 3.63) is 71.8 Å². The van der Waals surface area contributed by atoms with Crippen molar-refractivity contribution >= 4 is 23.4 Å². The number of nitrogens with zero attached hydrogens (tertiary/aromatic N) is 1. The molecule has 2 N–H and O–H groups in total. The Bertz CT molecular complexity index is 1340. The maximum atomic E-state index is 14.2. The van der Waals surface area contributed by atoms with Gasteiger partial charge in [-0.2, -0.15) is 0 Å². The molecule has 8 heteroatoms. The van der Waals surface area contributed by atoms with Crippen LogP contribution in [0, 0.1) is 24.7 Å². The number of anilines is 1. The van der Waals surface area contributed by atoms with E-state index < -0.39 is 29.6 Å². The molecule has 3 fully saturated rings. The highest BCUT2D eigenvalue weighted by molar-refractivity contribution is 6.02. The number of carbonyl (C=O) groups excluding carboxylic acids is 3. The van der Waals surface area contributed by atoms with E-state index in [1.54, 1.807) is 29.2 Å². The molecule has 1 aliphatic carbocycles. The summed E-state index contributed by atoms with van der Waals surface area (Å²) in [5, 5.41) is 6.26. The quantitative estimate of drug-likeness (QED) is 0.470. The summed E-state index contributed by atoms with van der Waals surface area (Å²) >= 11 is 0. The summed E-state index contributed by atoms with van der Waals surface area (Å²) in [6.07, 6.45) is 7.38. The van der Waals surface area contributed by atoms with E-state index in [1.165, 1.54) is 6.42 Å². The number of aryl methyl sites for hydroxylation is 1. The first-order valence-corrected chi connectivity index (χ1v) is 14.9. The van der Waals surface area contributed by atoms with Crippen LogP contribution in [0.5, 0.6) is 5.75 Å². The third-order valence-electron chi connectivity index (χ3n) is 9.27. The summed E-state index contributed by atoms with van der Waals surface area (Å²) < 4.78 is 12.0. The van der Waals surface area contributed by atoms with Gasteiger partial charge in [0.25, 0.3) is 0 Å². The Hall–Kier alpha value is -3.65. The molecular weight excluding hydrogens is 518 g/mol.